The third kappa shape index (κ3) is 3.17. The number of fused-ring (bicyclic) bond motifs is 1. The Bertz CT molecular complexity index is 856. The number of allylic oxidation sites excluding steroid dienone is 5. The molecule has 0 saturated carbocycles. The Morgan fingerprint density at radius 1 is 1.00 bits per heavy atom. The number of benzene rings is 1. The first kappa shape index (κ1) is 24.4. The minimum atomic E-state index is -1.25. The SMILES string of the molecule is CC[Si]1([C]2([Zr+2][C]3=C(C)C(C)=C(C)C3(C)C)C=Cc3ccccc32)CCC1.[Cl-].[Cl-]. The second kappa shape index (κ2) is 8.33. The van der Waals surface area contributed by atoms with Gasteiger partial charge in [0, 0.05) is 0 Å². The largest absolute Gasteiger partial charge is 1.00 e. The van der Waals surface area contributed by atoms with Crippen LogP contribution in [0.25, 0.3) is 6.08 Å². The first-order chi connectivity index (χ1) is 12.3. The van der Waals surface area contributed by atoms with Gasteiger partial charge in [-0.05, 0) is 0 Å². The van der Waals surface area contributed by atoms with Gasteiger partial charge in [-0.1, -0.05) is 0 Å². The molecule has 0 bridgehead atoms. The fourth-order valence-electron chi connectivity index (χ4n) is 5.68. The van der Waals surface area contributed by atoms with Crippen molar-refractivity contribution in [2.45, 2.75) is 68.8 Å². The van der Waals surface area contributed by atoms with E-state index in [1.54, 1.807) is 34.4 Å². The van der Waals surface area contributed by atoms with Gasteiger partial charge in [-0.2, -0.15) is 0 Å². The molecule has 0 amide bonds. The van der Waals surface area contributed by atoms with E-state index in [1.807, 2.05) is 3.28 Å². The van der Waals surface area contributed by atoms with Crippen LogP contribution < -0.4 is 24.8 Å². The summed E-state index contributed by atoms with van der Waals surface area (Å²) in [7, 11) is -1.25. The number of hydrogen-bond acceptors (Lipinski definition) is 0. The fourth-order valence-corrected chi connectivity index (χ4v) is 20.7. The van der Waals surface area contributed by atoms with Crippen LogP contribution in [0.2, 0.25) is 18.1 Å². The van der Waals surface area contributed by atoms with E-state index in [2.05, 4.69) is 78.0 Å². The predicted octanol–water partition coefficient (Wildman–Crippen LogP) is 1.06. The monoisotopic (exact) mass is 508 g/mol. The van der Waals surface area contributed by atoms with Crippen molar-refractivity contribution >= 4 is 14.1 Å². The van der Waals surface area contributed by atoms with Crippen molar-refractivity contribution in [3.05, 3.63) is 61.5 Å². The van der Waals surface area contributed by atoms with Crippen molar-refractivity contribution in [1.29, 1.82) is 0 Å². The van der Waals surface area contributed by atoms with Crippen LogP contribution in [0.1, 0.15) is 59.1 Å². The molecule has 1 aromatic carbocycles. The van der Waals surface area contributed by atoms with Crippen LogP contribution in [0.5, 0.6) is 0 Å². The molecule has 0 aromatic heterocycles. The molecule has 0 radical (unpaired) electrons. The zero-order valence-corrected chi connectivity index (χ0v) is 23.0. The molecule has 28 heavy (non-hydrogen) atoms. The first-order valence-corrected chi connectivity index (χ1v) is 15.3. The maximum Gasteiger partial charge on any atom is -1.00 e. The van der Waals surface area contributed by atoms with E-state index in [1.165, 1.54) is 18.0 Å². The summed E-state index contributed by atoms with van der Waals surface area (Å²) in [5, 5.41) is 0. The van der Waals surface area contributed by atoms with Gasteiger partial charge in [0.25, 0.3) is 0 Å². The van der Waals surface area contributed by atoms with Crippen LogP contribution in [-0.2, 0) is 26.0 Å². The molecular formula is C24H32Cl2SiZr. The summed E-state index contributed by atoms with van der Waals surface area (Å²) in [6.07, 6.45) is 6.71. The van der Waals surface area contributed by atoms with Crippen molar-refractivity contribution < 1.29 is 48.0 Å². The summed E-state index contributed by atoms with van der Waals surface area (Å²) in [5.41, 5.74) is 8.38. The Kier molecular flexibility index (Phi) is 7.26. The molecule has 1 fully saturated rings. The summed E-state index contributed by atoms with van der Waals surface area (Å²) in [6.45, 7) is 14.7. The van der Waals surface area contributed by atoms with E-state index in [0.29, 0.717) is 2.75 Å². The molecule has 3 aliphatic rings. The zero-order chi connectivity index (χ0) is 18.7. The number of rotatable bonds is 4. The number of hydrogen-bond donors (Lipinski definition) is 0. The second-order valence-electron chi connectivity index (χ2n) is 9.22. The van der Waals surface area contributed by atoms with Crippen LogP contribution in [0.4, 0.5) is 0 Å². The maximum atomic E-state index is 2.73. The molecule has 150 valence electrons. The first-order valence-electron chi connectivity index (χ1n) is 10.3. The molecule has 1 aliphatic heterocycles. The Balaban J connectivity index is 0.00000140. The van der Waals surface area contributed by atoms with Crippen molar-refractivity contribution in [3.63, 3.8) is 0 Å². The second-order valence-corrected chi connectivity index (χ2v) is 19.3. The molecule has 0 spiro atoms. The van der Waals surface area contributed by atoms with Gasteiger partial charge in [0.2, 0.25) is 0 Å². The normalized spacial score (nSPS) is 26.2. The Morgan fingerprint density at radius 3 is 2.14 bits per heavy atom. The van der Waals surface area contributed by atoms with Crippen molar-refractivity contribution in [2.75, 3.05) is 0 Å². The maximum absolute atomic E-state index is 2.73. The molecule has 2 aliphatic carbocycles. The third-order valence-electron chi connectivity index (χ3n) is 8.11. The van der Waals surface area contributed by atoms with Crippen LogP contribution in [0, 0.1) is 5.41 Å². The van der Waals surface area contributed by atoms with Gasteiger partial charge in [0.1, 0.15) is 0 Å². The van der Waals surface area contributed by atoms with Gasteiger partial charge in [0.05, 0.1) is 0 Å². The Morgan fingerprint density at radius 2 is 1.64 bits per heavy atom. The van der Waals surface area contributed by atoms with Crippen molar-refractivity contribution in [1.82, 2.24) is 0 Å². The van der Waals surface area contributed by atoms with Gasteiger partial charge in [-0.15, -0.1) is 0 Å². The molecule has 1 saturated heterocycles. The van der Waals surface area contributed by atoms with Crippen LogP contribution in [-0.4, -0.2) is 8.07 Å². The van der Waals surface area contributed by atoms with E-state index >= 15 is 0 Å². The summed E-state index contributed by atoms with van der Waals surface area (Å²) in [5.74, 6) is 0. The Hall–Kier alpha value is 0.120. The predicted molar refractivity (Wildman–Crippen MR) is 112 cm³/mol. The van der Waals surface area contributed by atoms with Gasteiger partial charge in [-0.3, -0.25) is 0 Å². The summed E-state index contributed by atoms with van der Waals surface area (Å²) in [6, 6.07) is 14.0. The van der Waals surface area contributed by atoms with Gasteiger partial charge >= 0.3 is 173 Å². The van der Waals surface area contributed by atoms with Crippen molar-refractivity contribution in [2.24, 2.45) is 5.41 Å². The average molecular weight is 511 g/mol. The topological polar surface area (TPSA) is 0 Å². The molecular weight excluding hydrogens is 478 g/mol. The summed E-state index contributed by atoms with van der Waals surface area (Å²) < 4.78 is 2.36. The van der Waals surface area contributed by atoms with E-state index in [9.17, 15) is 0 Å². The van der Waals surface area contributed by atoms with E-state index < -0.39 is 31.3 Å². The van der Waals surface area contributed by atoms with Crippen LogP contribution in [0.15, 0.2) is 50.3 Å². The summed E-state index contributed by atoms with van der Waals surface area (Å²) >= 11 is -0.803. The van der Waals surface area contributed by atoms with E-state index in [-0.39, 0.29) is 30.2 Å². The Labute approximate surface area is 196 Å². The van der Waals surface area contributed by atoms with E-state index in [0.717, 1.165) is 0 Å². The molecule has 0 nitrogen and oxygen atoms in total. The van der Waals surface area contributed by atoms with Crippen LogP contribution in [0.3, 0.4) is 0 Å². The minimum Gasteiger partial charge on any atom is -1.00 e. The summed E-state index contributed by atoms with van der Waals surface area (Å²) in [4.78, 5) is 0. The third-order valence-corrected chi connectivity index (χ3v) is 24.0. The van der Waals surface area contributed by atoms with Gasteiger partial charge < -0.3 is 24.8 Å². The number of halogens is 2. The average Bonchev–Trinajstić information content (AvgIpc) is 3.02. The zero-order valence-electron chi connectivity index (χ0n) is 18.0. The van der Waals surface area contributed by atoms with Gasteiger partial charge in [0.15, 0.2) is 0 Å². The standard InChI is InChI=1S/C14H17Si.C10H15.2ClH.Zr/c1-2-15(10-5-11-15)14-9-8-12-6-3-4-7-13(12)14;1-7-6-10(4,5)9(3)8(7)2;;;/h3-4,6-9H,2,5,10-11H2,1H3;1-5H3;2*1H;/q;;;;+2/p-2. The molecule has 1 heterocycles. The van der Waals surface area contributed by atoms with E-state index in [4.69, 9.17) is 0 Å². The van der Waals surface area contributed by atoms with Gasteiger partial charge in [-0.25, -0.2) is 0 Å². The molecule has 1 atom stereocenters. The van der Waals surface area contributed by atoms with Crippen molar-refractivity contribution in [3.8, 4) is 0 Å². The molecule has 1 aromatic rings. The minimum absolute atomic E-state index is 0. The molecule has 4 rings (SSSR count). The smallest absolute Gasteiger partial charge is 1.00 e. The molecule has 4 heteroatoms. The fraction of sp³-hybridized carbons (Fsp3) is 0.500. The molecule has 1 unspecified atom stereocenters. The molecule has 0 N–H and O–H groups in total. The quantitative estimate of drug-likeness (QED) is 0.532. The van der Waals surface area contributed by atoms with Crippen LogP contribution >= 0.6 is 0 Å².